The van der Waals surface area contributed by atoms with Crippen molar-refractivity contribution in [3.63, 3.8) is 0 Å². The number of carbonyl (C=O) groups excluding carboxylic acids is 1. The van der Waals surface area contributed by atoms with Crippen LogP contribution in [-0.4, -0.2) is 41.2 Å². The Bertz CT molecular complexity index is 590. The van der Waals surface area contributed by atoms with Gasteiger partial charge in [0.05, 0.1) is 12.5 Å². The summed E-state index contributed by atoms with van der Waals surface area (Å²) >= 11 is 0. The molecule has 3 rings (SSSR count). The Kier molecular flexibility index (Phi) is 4.58. The SMILES string of the molecule is N[C@H]1CC(C(=O)N[C@H]2Cc3cccc(CO)c3OB2O)C[C@@H]1N. The van der Waals surface area contributed by atoms with Crippen LogP contribution in [0.25, 0.3) is 0 Å². The van der Waals surface area contributed by atoms with Crippen LogP contribution in [0.2, 0.25) is 0 Å². The Morgan fingerprint density at radius 3 is 2.70 bits per heavy atom. The quantitative estimate of drug-likeness (QED) is 0.439. The Balaban J connectivity index is 1.68. The van der Waals surface area contributed by atoms with E-state index in [0.29, 0.717) is 30.6 Å². The summed E-state index contributed by atoms with van der Waals surface area (Å²) in [5, 5.41) is 22.3. The number of aliphatic hydroxyl groups is 1. The van der Waals surface area contributed by atoms with Crippen molar-refractivity contribution in [2.75, 3.05) is 0 Å². The highest BCUT2D eigenvalue weighted by atomic mass is 16.5. The Morgan fingerprint density at radius 2 is 2.04 bits per heavy atom. The average molecular weight is 319 g/mol. The van der Waals surface area contributed by atoms with E-state index < -0.39 is 13.1 Å². The molecule has 23 heavy (non-hydrogen) atoms. The van der Waals surface area contributed by atoms with Crippen molar-refractivity contribution < 1.29 is 19.6 Å². The van der Waals surface area contributed by atoms with Crippen molar-refractivity contribution in [2.45, 2.75) is 43.9 Å². The van der Waals surface area contributed by atoms with Gasteiger partial charge in [0.25, 0.3) is 0 Å². The lowest BCUT2D eigenvalue weighted by molar-refractivity contribution is -0.125. The van der Waals surface area contributed by atoms with Gasteiger partial charge in [-0.3, -0.25) is 4.79 Å². The zero-order valence-electron chi connectivity index (χ0n) is 12.8. The van der Waals surface area contributed by atoms with E-state index in [2.05, 4.69) is 5.32 Å². The van der Waals surface area contributed by atoms with Gasteiger partial charge in [0.15, 0.2) is 0 Å². The van der Waals surface area contributed by atoms with Crippen LogP contribution in [0, 0.1) is 5.92 Å². The normalized spacial score (nSPS) is 27.5. The second-order valence-electron chi connectivity index (χ2n) is 6.39. The lowest BCUT2D eigenvalue weighted by Gasteiger charge is -2.30. The highest BCUT2D eigenvalue weighted by molar-refractivity contribution is 6.46. The van der Waals surface area contributed by atoms with E-state index in [0.717, 1.165) is 5.56 Å². The minimum Gasteiger partial charge on any atom is -0.534 e. The number of hydrogen-bond acceptors (Lipinski definition) is 6. The summed E-state index contributed by atoms with van der Waals surface area (Å²) in [5.41, 5.74) is 13.2. The molecule has 1 heterocycles. The van der Waals surface area contributed by atoms with Crippen molar-refractivity contribution in [1.82, 2.24) is 5.32 Å². The lowest BCUT2D eigenvalue weighted by Crippen LogP contribution is -2.54. The molecule has 0 radical (unpaired) electrons. The molecule has 1 aliphatic carbocycles. The summed E-state index contributed by atoms with van der Waals surface area (Å²) in [5.74, 6) is -0.407. The maximum atomic E-state index is 12.4. The molecular formula is C15H22BN3O4. The monoisotopic (exact) mass is 319 g/mol. The number of rotatable bonds is 3. The summed E-state index contributed by atoms with van der Waals surface area (Å²) in [6, 6.07) is 5.10. The maximum Gasteiger partial charge on any atom is 0.547 e. The summed E-state index contributed by atoms with van der Waals surface area (Å²) in [4.78, 5) is 12.4. The summed E-state index contributed by atoms with van der Waals surface area (Å²) in [6.07, 6.45) is 1.56. The first-order valence-electron chi connectivity index (χ1n) is 7.87. The van der Waals surface area contributed by atoms with E-state index in [9.17, 15) is 14.9 Å². The van der Waals surface area contributed by atoms with Crippen molar-refractivity contribution >= 4 is 13.0 Å². The minimum atomic E-state index is -1.15. The fraction of sp³-hybridized carbons (Fsp3) is 0.533. The number of carbonyl (C=O) groups is 1. The highest BCUT2D eigenvalue weighted by Crippen LogP contribution is 2.30. The molecule has 1 aromatic rings. The van der Waals surface area contributed by atoms with Crippen LogP contribution in [0.5, 0.6) is 5.75 Å². The predicted molar refractivity (Wildman–Crippen MR) is 85.3 cm³/mol. The summed E-state index contributed by atoms with van der Waals surface area (Å²) in [7, 11) is -1.15. The maximum absolute atomic E-state index is 12.4. The zero-order valence-corrected chi connectivity index (χ0v) is 12.8. The van der Waals surface area contributed by atoms with Crippen LogP contribution in [-0.2, 0) is 17.8 Å². The van der Waals surface area contributed by atoms with E-state index >= 15 is 0 Å². The Morgan fingerprint density at radius 1 is 1.35 bits per heavy atom. The number of fused-ring (bicyclic) bond motifs is 1. The molecule has 2 aliphatic rings. The third-order valence-electron chi connectivity index (χ3n) is 4.73. The van der Waals surface area contributed by atoms with E-state index in [1.807, 2.05) is 12.1 Å². The van der Waals surface area contributed by atoms with Gasteiger partial charge in [-0.25, -0.2) is 0 Å². The van der Waals surface area contributed by atoms with Crippen LogP contribution in [0.15, 0.2) is 18.2 Å². The van der Waals surface area contributed by atoms with Crippen LogP contribution in [0.3, 0.4) is 0 Å². The molecule has 1 saturated carbocycles. The zero-order chi connectivity index (χ0) is 16.6. The number of hydrogen-bond donors (Lipinski definition) is 5. The molecule has 1 fully saturated rings. The van der Waals surface area contributed by atoms with Crippen molar-refractivity contribution in [1.29, 1.82) is 0 Å². The predicted octanol–water partition coefficient (Wildman–Crippen LogP) is -1.32. The van der Waals surface area contributed by atoms with E-state index in [1.54, 1.807) is 6.07 Å². The van der Waals surface area contributed by atoms with Gasteiger partial charge in [0, 0.05) is 23.6 Å². The first-order valence-corrected chi connectivity index (χ1v) is 7.87. The van der Waals surface area contributed by atoms with Gasteiger partial charge < -0.3 is 31.6 Å². The molecule has 1 amide bonds. The van der Waals surface area contributed by atoms with Gasteiger partial charge in [-0.15, -0.1) is 0 Å². The van der Waals surface area contributed by atoms with Gasteiger partial charge in [0.1, 0.15) is 5.75 Å². The summed E-state index contributed by atoms with van der Waals surface area (Å²) in [6.45, 7) is -0.162. The number of amides is 1. The second-order valence-corrected chi connectivity index (χ2v) is 6.39. The van der Waals surface area contributed by atoms with Crippen LogP contribution in [0.1, 0.15) is 24.0 Å². The highest BCUT2D eigenvalue weighted by Gasteiger charge is 2.40. The molecule has 7 N–H and O–H groups in total. The van der Waals surface area contributed by atoms with Crippen molar-refractivity contribution in [2.24, 2.45) is 17.4 Å². The standard InChI is InChI=1S/C15H22BN3O4/c17-11-4-10(5-12(11)18)15(21)19-13-6-8-2-1-3-9(7-20)14(8)23-16(13)22/h1-3,10-13,20,22H,4-7,17-18H2,(H,19,21)/t11-,12-,13-/m0/s1. The molecular weight excluding hydrogens is 297 g/mol. The minimum absolute atomic E-state index is 0.150. The average Bonchev–Trinajstić information content (AvgIpc) is 2.87. The van der Waals surface area contributed by atoms with Gasteiger partial charge in [-0.2, -0.15) is 0 Å². The first-order chi connectivity index (χ1) is 11.0. The molecule has 1 aliphatic heterocycles. The molecule has 0 spiro atoms. The van der Waals surface area contributed by atoms with Crippen LogP contribution < -0.4 is 21.4 Å². The Hall–Kier alpha value is -1.61. The molecule has 7 nitrogen and oxygen atoms in total. The van der Waals surface area contributed by atoms with Crippen LogP contribution in [0.4, 0.5) is 0 Å². The van der Waals surface area contributed by atoms with Gasteiger partial charge in [-0.1, -0.05) is 18.2 Å². The first kappa shape index (κ1) is 16.3. The van der Waals surface area contributed by atoms with Crippen molar-refractivity contribution in [3.05, 3.63) is 29.3 Å². The number of nitrogens with one attached hydrogen (secondary N) is 1. The van der Waals surface area contributed by atoms with Gasteiger partial charge in [-0.05, 0) is 24.8 Å². The topological polar surface area (TPSA) is 131 Å². The number of aliphatic hydroxyl groups excluding tert-OH is 1. The third kappa shape index (κ3) is 3.21. The molecule has 8 heteroatoms. The molecule has 124 valence electrons. The molecule has 0 saturated heterocycles. The molecule has 1 aromatic carbocycles. The molecule has 0 unspecified atom stereocenters. The van der Waals surface area contributed by atoms with Crippen LogP contribution >= 0.6 is 0 Å². The molecule has 0 aromatic heterocycles. The fourth-order valence-electron chi connectivity index (χ4n) is 3.36. The second kappa shape index (κ2) is 6.49. The van der Waals surface area contributed by atoms with Gasteiger partial charge >= 0.3 is 7.12 Å². The summed E-state index contributed by atoms with van der Waals surface area (Å²) < 4.78 is 5.50. The fourth-order valence-corrected chi connectivity index (χ4v) is 3.36. The smallest absolute Gasteiger partial charge is 0.534 e. The largest absolute Gasteiger partial charge is 0.547 e. The van der Waals surface area contributed by atoms with E-state index in [1.165, 1.54) is 0 Å². The number of nitrogens with two attached hydrogens (primary N) is 2. The number of para-hydroxylation sites is 1. The number of benzene rings is 1. The Labute approximate surface area is 135 Å². The van der Waals surface area contributed by atoms with Crippen molar-refractivity contribution in [3.8, 4) is 5.75 Å². The lowest BCUT2D eigenvalue weighted by atomic mass is 9.72. The molecule has 3 atom stereocenters. The van der Waals surface area contributed by atoms with Gasteiger partial charge in [0.2, 0.25) is 5.91 Å². The third-order valence-corrected chi connectivity index (χ3v) is 4.73. The molecule has 0 bridgehead atoms. The van der Waals surface area contributed by atoms with E-state index in [-0.39, 0.29) is 30.5 Å². The van der Waals surface area contributed by atoms with E-state index in [4.69, 9.17) is 16.1 Å².